The number of anilines is 2. The molecule has 1 fully saturated rings. The highest BCUT2D eigenvalue weighted by Crippen LogP contribution is 2.24. The number of nitrogens with one attached hydrogen (secondary N) is 1. The molecule has 0 bridgehead atoms. The lowest BCUT2D eigenvalue weighted by Gasteiger charge is -2.37. The van der Waals surface area contributed by atoms with Gasteiger partial charge in [0, 0.05) is 49.7 Å². The number of piperazine rings is 1. The summed E-state index contributed by atoms with van der Waals surface area (Å²) in [7, 11) is 0. The van der Waals surface area contributed by atoms with E-state index >= 15 is 0 Å². The zero-order valence-corrected chi connectivity index (χ0v) is 15.3. The lowest BCUT2D eigenvalue weighted by Crippen LogP contribution is -2.46. The van der Waals surface area contributed by atoms with E-state index in [1.54, 1.807) is 6.07 Å². The minimum atomic E-state index is -1.16. The second kappa shape index (κ2) is 7.64. The van der Waals surface area contributed by atoms with Crippen LogP contribution >= 0.6 is 0 Å². The number of amides is 1. The van der Waals surface area contributed by atoms with Crippen LogP contribution in [0.15, 0.2) is 63.8 Å². The quantitative estimate of drug-likeness (QED) is 0.725. The van der Waals surface area contributed by atoms with E-state index in [2.05, 4.69) is 27.2 Å². The van der Waals surface area contributed by atoms with Gasteiger partial charge in [-0.1, -0.05) is 18.2 Å². The molecule has 2 N–H and O–H groups in total. The van der Waals surface area contributed by atoms with Gasteiger partial charge in [0.05, 0.1) is 11.9 Å². The summed E-state index contributed by atoms with van der Waals surface area (Å²) in [5.74, 6) is 0.297. The SMILES string of the molecule is O=C(O)NCc1cc(=O)c2ccc(N3CCN(c4ccccc4)CC3)cc2o1. The van der Waals surface area contributed by atoms with E-state index in [1.165, 1.54) is 11.8 Å². The van der Waals surface area contributed by atoms with E-state index in [0.717, 1.165) is 31.9 Å². The van der Waals surface area contributed by atoms with E-state index in [0.29, 0.717) is 16.7 Å². The second-order valence-corrected chi connectivity index (χ2v) is 6.73. The number of carboxylic acid groups (broad SMARTS) is 1. The molecular weight excluding hydrogens is 358 g/mol. The highest BCUT2D eigenvalue weighted by Gasteiger charge is 2.18. The summed E-state index contributed by atoms with van der Waals surface area (Å²) in [6.07, 6.45) is -1.16. The Morgan fingerprint density at radius 2 is 1.64 bits per heavy atom. The van der Waals surface area contributed by atoms with Gasteiger partial charge >= 0.3 is 6.09 Å². The van der Waals surface area contributed by atoms with E-state index in [9.17, 15) is 9.59 Å². The normalized spacial score (nSPS) is 14.3. The van der Waals surface area contributed by atoms with Crippen molar-refractivity contribution in [1.82, 2.24) is 5.32 Å². The van der Waals surface area contributed by atoms with Crippen LogP contribution in [0.25, 0.3) is 11.0 Å². The summed E-state index contributed by atoms with van der Waals surface area (Å²) in [6, 6.07) is 17.2. The van der Waals surface area contributed by atoms with Gasteiger partial charge in [-0.05, 0) is 24.3 Å². The number of rotatable bonds is 4. The Morgan fingerprint density at radius 1 is 0.964 bits per heavy atom. The number of para-hydroxylation sites is 1. The van der Waals surface area contributed by atoms with Crippen LogP contribution in [0, 0.1) is 0 Å². The van der Waals surface area contributed by atoms with E-state index in [4.69, 9.17) is 9.52 Å². The minimum absolute atomic E-state index is 0.0412. The van der Waals surface area contributed by atoms with Crippen LogP contribution in [0.4, 0.5) is 16.2 Å². The molecule has 0 saturated carbocycles. The molecule has 1 aromatic heterocycles. The maximum atomic E-state index is 12.3. The minimum Gasteiger partial charge on any atom is -0.465 e. The van der Waals surface area contributed by atoms with Crippen molar-refractivity contribution < 1.29 is 14.3 Å². The van der Waals surface area contributed by atoms with Crippen molar-refractivity contribution in [3.63, 3.8) is 0 Å². The van der Waals surface area contributed by atoms with Crippen LogP contribution in [0.1, 0.15) is 5.76 Å². The molecule has 144 valence electrons. The molecule has 7 heteroatoms. The lowest BCUT2D eigenvalue weighted by atomic mass is 10.1. The molecule has 0 radical (unpaired) electrons. The summed E-state index contributed by atoms with van der Waals surface area (Å²) in [5.41, 5.74) is 2.51. The predicted molar refractivity (Wildman–Crippen MR) is 108 cm³/mol. The van der Waals surface area contributed by atoms with Crippen molar-refractivity contribution >= 4 is 28.4 Å². The van der Waals surface area contributed by atoms with Gasteiger partial charge in [0.1, 0.15) is 11.3 Å². The third-order valence-corrected chi connectivity index (χ3v) is 4.94. The number of carbonyl (C=O) groups is 1. The van der Waals surface area contributed by atoms with Crippen molar-refractivity contribution in [3.8, 4) is 0 Å². The molecule has 1 aliphatic rings. The van der Waals surface area contributed by atoms with Crippen LogP contribution < -0.4 is 20.5 Å². The molecule has 1 saturated heterocycles. The van der Waals surface area contributed by atoms with E-state index < -0.39 is 6.09 Å². The molecular formula is C21H21N3O4. The Morgan fingerprint density at radius 3 is 2.32 bits per heavy atom. The Balaban J connectivity index is 1.53. The third-order valence-electron chi connectivity index (χ3n) is 4.94. The number of fused-ring (bicyclic) bond motifs is 1. The van der Waals surface area contributed by atoms with Gasteiger partial charge in [-0.25, -0.2) is 4.79 Å². The van der Waals surface area contributed by atoms with Gasteiger partial charge in [-0.2, -0.15) is 0 Å². The molecule has 1 aliphatic heterocycles. The van der Waals surface area contributed by atoms with Crippen LogP contribution in [0.3, 0.4) is 0 Å². The van der Waals surface area contributed by atoms with Gasteiger partial charge in [0.25, 0.3) is 0 Å². The summed E-state index contributed by atoms with van der Waals surface area (Å²) in [6.45, 7) is 3.51. The Bertz CT molecular complexity index is 1040. The first-order valence-corrected chi connectivity index (χ1v) is 9.19. The first-order valence-electron chi connectivity index (χ1n) is 9.19. The summed E-state index contributed by atoms with van der Waals surface area (Å²) in [4.78, 5) is 27.6. The lowest BCUT2D eigenvalue weighted by molar-refractivity contribution is 0.193. The third kappa shape index (κ3) is 3.78. The molecule has 7 nitrogen and oxygen atoms in total. The summed E-state index contributed by atoms with van der Waals surface area (Å²) in [5, 5.41) is 11.4. The highest BCUT2D eigenvalue weighted by atomic mass is 16.4. The molecule has 3 aromatic rings. The average molecular weight is 379 g/mol. The Labute approximate surface area is 161 Å². The monoisotopic (exact) mass is 379 g/mol. The van der Waals surface area contributed by atoms with Gasteiger partial charge in [0.15, 0.2) is 5.43 Å². The maximum absolute atomic E-state index is 12.3. The summed E-state index contributed by atoms with van der Waals surface area (Å²) < 4.78 is 5.75. The second-order valence-electron chi connectivity index (χ2n) is 6.73. The molecule has 0 aliphatic carbocycles. The standard InChI is InChI=1S/C21H21N3O4/c25-19-13-17(14-22-21(26)27)28-20-12-16(6-7-18(19)20)24-10-8-23(9-11-24)15-4-2-1-3-5-15/h1-7,12-13,22H,8-11,14H2,(H,26,27). The van der Waals surface area contributed by atoms with E-state index in [1.807, 2.05) is 30.3 Å². The van der Waals surface area contributed by atoms with Crippen molar-refractivity contribution in [2.75, 3.05) is 36.0 Å². The fraction of sp³-hybridized carbons (Fsp3) is 0.238. The van der Waals surface area contributed by atoms with Crippen LogP contribution in [-0.2, 0) is 6.54 Å². The number of benzene rings is 2. The topological polar surface area (TPSA) is 86.0 Å². The van der Waals surface area contributed by atoms with Crippen LogP contribution in [-0.4, -0.2) is 37.4 Å². The fourth-order valence-corrected chi connectivity index (χ4v) is 3.50. The number of nitrogens with zero attached hydrogens (tertiary/aromatic N) is 2. The molecule has 0 spiro atoms. The number of hydrogen-bond donors (Lipinski definition) is 2. The fourth-order valence-electron chi connectivity index (χ4n) is 3.50. The first kappa shape index (κ1) is 17.9. The van der Waals surface area contributed by atoms with Crippen LogP contribution in [0.2, 0.25) is 0 Å². The van der Waals surface area contributed by atoms with Gasteiger partial charge < -0.3 is 24.6 Å². The van der Waals surface area contributed by atoms with Gasteiger partial charge in [-0.15, -0.1) is 0 Å². The van der Waals surface area contributed by atoms with Crippen molar-refractivity contribution in [3.05, 3.63) is 70.6 Å². The van der Waals surface area contributed by atoms with Gasteiger partial charge in [0.2, 0.25) is 0 Å². The molecule has 4 rings (SSSR count). The number of hydrogen-bond acceptors (Lipinski definition) is 5. The van der Waals surface area contributed by atoms with Crippen LogP contribution in [0.5, 0.6) is 0 Å². The smallest absolute Gasteiger partial charge is 0.405 e. The average Bonchev–Trinajstić information content (AvgIpc) is 2.72. The van der Waals surface area contributed by atoms with Crippen molar-refractivity contribution in [1.29, 1.82) is 0 Å². The zero-order valence-electron chi connectivity index (χ0n) is 15.3. The molecule has 2 heterocycles. The molecule has 1 amide bonds. The first-order chi connectivity index (χ1) is 13.6. The van der Waals surface area contributed by atoms with Gasteiger partial charge in [-0.3, -0.25) is 4.79 Å². The van der Waals surface area contributed by atoms with Crippen molar-refractivity contribution in [2.24, 2.45) is 0 Å². The Hall–Kier alpha value is -3.48. The molecule has 0 unspecified atom stereocenters. The zero-order chi connectivity index (χ0) is 19.5. The largest absolute Gasteiger partial charge is 0.465 e. The predicted octanol–water partition coefficient (Wildman–Crippen LogP) is 2.89. The maximum Gasteiger partial charge on any atom is 0.405 e. The summed E-state index contributed by atoms with van der Waals surface area (Å²) >= 11 is 0. The van der Waals surface area contributed by atoms with E-state index in [-0.39, 0.29) is 12.0 Å². The van der Waals surface area contributed by atoms with Crippen molar-refractivity contribution in [2.45, 2.75) is 6.54 Å². The molecule has 0 atom stereocenters. The Kier molecular flexibility index (Phi) is 4.89. The molecule has 2 aromatic carbocycles. The highest BCUT2D eigenvalue weighted by molar-refractivity contribution is 5.80. The molecule has 28 heavy (non-hydrogen) atoms.